The van der Waals surface area contributed by atoms with Gasteiger partial charge in [0.15, 0.2) is 0 Å². The number of hydrogen-bond donors (Lipinski definition) is 1. The van der Waals surface area contributed by atoms with Crippen molar-refractivity contribution in [3.05, 3.63) is 57.8 Å². The molecule has 1 unspecified atom stereocenters. The first kappa shape index (κ1) is 14.2. The van der Waals surface area contributed by atoms with E-state index >= 15 is 0 Å². The molecule has 1 heterocycles. The lowest BCUT2D eigenvalue weighted by molar-refractivity contribution is 0.160. The van der Waals surface area contributed by atoms with E-state index in [1.54, 1.807) is 11.3 Å². The van der Waals surface area contributed by atoms with E-state index in [0.29, 0.717) is 6.42 Å². The molecule has 0 spiro atoms. The molecule has 1 aromatic heterocycles. The number of halogens is 2. The van der Waals surface area contributed by atoms with Gasteiger partial charge in [0.2, 0.25) is 0 Å². The van der Waals surface area contributed by atoms with Crippen molar-refractivity contribution in [2.75, 3.05) is 0 Å². The molecule has 2 rings (SSSR count). The van der Waals surface area contributed by atoms with Crippen molar-refractivity contribution in [3.63, 3.8) is 0 Å². The minimum Gasteiger partial charge on any atom is -0.393 e. The lowest BCUT2D eigenvalue weighted by Gasteiger charge is -2.11. The highest BCUT2D eigenvalue weighted by atomic mass is 32.1. The summed E-state index contributed by atoms with van der Waals surface area (Å²) in [6.45, 7) is 0. The zero-order valence-electron chi connectivity index (χ0n) is 10.5. The van der Waals surface area contributed by atoms with Crippen LogP contribution in [0.5, 0.6) is 0 Å². The molecule has 0 amide bonds. The van der Waals surface area contributed by atoms with Crippen LogP contribution in [0.25, 0.3) is 0 Å². The Balaban J connectivity index is 1.82. The van der Waals surface area contributed by atoms with E-state index in [1.807, 2.05) is 17.5 Å². The molecule has 0 aliphatic heterocycles. The molecule has 0 aliphatic carbocycles. The zero-order valence-corrected chi connectivity index (χ0v) is 11.3. The summed E-state index contributed by atoms with van der Waals surface area (Å²) in [5, 5.41) is 11.9. The van der Waals surface area contributed by atoms with Gasteiger partial charge >= 0.3 is 0 Å². The highest BCUT2D eigenvalue weighted by Crippen LogP contribution is 2.17. The van der Waals surface area contributed by atoms with Gasteiger partial charge in [-0.15, -0.1) is 11.3 Å². The number of thiophene rings is 1. The second-order valence-corrected chi connectivity index (χ2v) is 5.56. The number of aryl methyl sites for hydroxylation is 1. The van der Waals surface area contributed by atoms with Gasteiger partial charge < -0.3 is 5.11 Å². The Morgan fingerprint density at radius 3 is 2.47 bits per heavy atom. The zero-order chi connectivity index (χ0) is 13.7. The van der Waals surface area contributed by atoms with Gasteiger partial charge in [-0.25, -0.2) is 8.78 Å². The number of hydrogen-bond acceptors (Lipinski definition) is 2. The van der Waals surface area contributed by atoms with E-state index in [9.17, 15) is 13.9 Å². The summed E-state index contributed by atoms with van der Waals surface area (Å²) in [7, 11) is 0. The number of benzene rings is 1. The van der Waals surface area contributed by atoms with Crippen molar-refractivity contribution in [1.29, 1.82) is 0 Å². The molecule has 0 bridgehead atoms. The van der Waals surface area contributed by atoms with E-state index in [0.717, 1.165) is 12.8 Å². The Labute approximate surface area is 115 Å². The number of rotatable bonds is 6. The summed E-state index contributed by atoms with van der Waals surface area (Å²) in [4.78, 5) is 1.27. The van der Waals surface area contributed by atoms with Crippen LogP contribution in [0.15, 0.2) is 35.7 Å². The van der Waals surface area contributed by atoms with Crippen LogP contribution >= 0.6 is 11.3 Å². The van der Waals surface area contributed by atoms with E-state index < -0.39 is 17.7 Å². The van der Waals surface area contributed by atoms with Gasteiger partial charge in [-0.1, -0.05) is 12.1 Å². The Bertz CT molecular complexity index is 491. The van der Waals surface area contributed by atoms with Crippen LogP contribution in [0, 0.1) is 11.6 Å². The Hall–Kier alpha value is -1.26. The summed E-state index contributed by atoms with van der Waals surface area (Å²) < 4.78 is 26.8. The fraction of sp³-hybridized carbons (Fsp3) is 0.333. The molecule has 0 radical (unpaired) electrons. The standard InChI is InChI=1S/C15H16F2OS/c16-14-7-2-8-15(17)13(14)10-11(18)4-1-5-12-6-3-9-19-12/h2-3,6-9,11,18H,1,4-5,10H2. The van der Waals surface area contributed by atoms with E-state index in [1.165, 1.54) is 23.1 Å². The van der Waals surface area contributed by atoms with Gasteiger partial charge in [0.05, 0.1) is 6.10 Å². The first-order chi connectivity index (χ1) is 9.16. The molecule has 102 valence electrons. The molecular weight excluding hydrogens is 266 g/mol. The molecule has 1 N–H and O–H groups in total. The van der Waals surface area contributed by atoms with Crippen LogP contribution in [0.2, 0.25) is 0 Å². The normalized spacial score (nSPS) is 12.6. The molecule has 0 aliphatic rings. The third kappa shape index (κ3) is 4.11. The SMILES string of the molecule is OC(CCCc1cccs1)Cc1c(F)cccc1F. The second kappa shape index (κ2) is 6.78. The second-order valence-electron chi connectivity index (χ2n) is 4.53. The molecule has 19 heavy (non-hydrogen) atoms. The fourth-order valence-electron chi connectivity index (χ4n) is 2.03. The van der Waals surface area contributed by atoms with Gasteiger partial charge in [0.25, 0.3) is 0 Å². The van der Waals surface area contributed by atoms with E-state index in [4.69, 9.17) is 0 Å². The topological polar surface area (TPSA) is 20.2 Å². The molecular formula is C15H16F2OS. The maximum Gasteiger partial charge on any atom is 0.129 e. The minimum atomic E-state index is -0.702. The first-order valence-electron chi connectivity index (χ1n) is 6.30. The third-order valence-electron chi connectivity index (χ3n) is 3.04. The summed E-state index contributed by atoms with van der Waals surface area (Å²) in [5.74, 6) is -1.17. The summed E-state index contributed by atoms with van der Waals surface area (Å²) in [6, 6.07) is 7.81. The molecule has 1 atom stereocenters. The molecule has 0 saturated carbocycles. The van der Waals surface area contributed by atoms with Gasteiger partial charge in [-0.3, -0.25) is 0 Å². The summed E-state index contributed by atoms with van der Waals surface area (Å²) >= 11 is 1.68. The Morgan fingerprint density at radius 2 is 1.84 bits per heavy atom. The maximum absolute atomic E-state index is 13.4. The highest BCUT2D eigenvalue weighted by Gasteiger charge is 2.13. The largest absolute Gasteiger partial charge is 0.393 e. The van der Waals surface area contributed by atoms with Crippen LogP contribution in [-0.2, 0) is 12.8 Å². The molecule has 1 aromatic carbocycles. The van der Waals surface area contributed by atoms with Crippen LogP contribution in [0.4, 0.5) is 8.78 Å². The number of aliphatic hydroxyl groups is 1. The smallest absolute Gasteiger partial charge is 0.129 e. The van der Waals surface area contributed by atoms with Gasteiger partial charge in [0.1, 0.15) is 11.6 Å². The van der Waals surface area contributed by atoms with Crippen molar-refractivity contribution >= 4 is 11.3 Å². The van der Waals surface area contributed by atoms with E-state index in [2.05, 4.69) is 0 Å². The summed E-state index contributed by atoms with van der Waals surface area (Å²) in [6.07, 6.45) is 1.59. The highest BCUT2D eigenvalue weighted by molar-refractivity contribution is 7.09. The lowest BCUT2D eigenvalue weighted by atomic mass is 10.0. The molecule has 0 fully saturated rings. The van der Waals surface area contributed by atoms with Crippen LogP contribution in [0.1, 0.15) is 23.3 Å². The van der Waals surface area contributed by atoms with Crippen molar-refractivity contribution in [2.24, 2.45) is 0 Å². The minimum absolute atomic E-state index is 0.0221. The van der Waals surface area contributed by atoms with E-state index in [-0.39, 0.29) is 12.0 Å². The summed E-state index contributed by atoms with van der Waals surface area (Å²) in [5.41, 5.74) is -0.0221. The Morgan fingerprint density at radius 1 is 1.11 bits per heavy atom. The molecule has 1 nitrogen and oxygen atoms in total. The third-order valence-corrected chi connectivity index (χ3v) is 3.98. The van der Waals surface area contributed by atoms with Gasteiger partial charge in [0, 0.05) is 16.9 Å². The quantitative estimate of drug-likeness (QED) is 0.850. The van der Waals surface area contributed by atoms with Crippen molar-refractivity contribution in [3.8, 4) is 0 Å². The number of aliphatic hydroxyl groups excluding tert-OH is 1. The van der Waals surface area contributed by atoms with Crippen molar-refractivity contribution < 1.29 is 13.9 Å². The molecule has 4 heteroatoms. The predicted molar refractivity (Wildman–Crippen MR) is 73.3 cm³/mol. The molecule has 0 saturated heterocycles. The van der Waals surface area contributed by atoms with Crippen LogP contribution < -0.4 is 0 Å². The lowest BCUT2D eigenvalue weighted by Crippen LogP contribution is -2.13. The van der Waals surface area contributed by atoms with Gasteiger partial charge in [-0.05, 0) is 42.8 Å². The first-order valence-corrected chi connectivity index (χ1v) is 7.18. The van der Waals surface area contributed by atoms with Crippen LogP contribution in [-0.4, -0.2) is 11.2 Å². The maximum atomic E-state index is 13.4. The van der Waals surface area contributed by atoms with Crippen LogP contribution in [0.3, 0.4) is 0 Å². The fourth-order valence-corrected chi connectivity index (χ4v) is 2.78. The van der Waals surface area contributed by atoms with Crippen molar-refractivity contribution in [1.82, 2.24) is 0 Å². The average molecular weight is 282 g/mol. The van der Waals surface area contributed by atoms with Crippen molar-refractivity contribution in [2.45, 2.75) is 31.8 Å². The Kier molecular flexibility index (Phi) is 5.05. The average Bonchev–Trinajstić information content (AvgIpc) is 2.87. The predicted octanol–water partition coefficient (Wildman–Crippen LogP) is 3.95. The monoisotopic (exact) mass is 282 g/mol. The molecule has 2 aromatic rings. The van der Waals surface area contributed by atoms with Gasteiger partial charge in [-0.2, -0.15) is 0 Å².